The summed E-state index contributed by atoms with van der Waals surface area (Å²) in [7, 11) is 1.82. The minimum Gasteiger partial charge on any atom is -0.380 e. The van der Waals surface area contributed by atoms with Crippen LogP contribution < -0.4 is 5.32 Å². The molecule has 0 aromatic heterocycles. The predicted molar refractivity (Wildman–Crippen MR) is 60.5 cm³/mol. The molecule has 1 aliphatic carbocycles. The van der Waals surface area contributed by atoms with Crippen molar-refractivity contribution < 1.29 is 4.74 Å². The van der Waals surface area contributed by atoms with Crippen molar-refractivity contribution in [3.05, 3.63) is 11.6 Å². The van der Waals surface area contributed by atoms with Crippen molar-refractivity contribution in [3.63, 3.8) is 0 Å². The van der Waals surface area contributed by atoms with Crippen LogP contribution in [0.1, 0.15) is 39.5 Å². The predicted octanol–water partition coefficient (Wildman–Crippen LogP) is 2.50. The van der Waals surface area contributed by atoms with Crippen LogP contribution in [0.4, 0.5) is 0 Å². The van der Waals surface area contributed by atoms with Gasteiger partial charge in [0.2, 0.25) is 0 Å². The van der Waals surface area contributed by atoms with Crippen molar-refractivity contribution >= 4 is 0 Å². The summed E-state index contributed by atoms with van der Waals surface area (Å²) in [6.07, 6.45) is 7.79. The van der Waals surface area contributed by atoms with Gasteiger partial charge < -0.3 is 10.1 Å². The molecule has 0 aromatic rings. The van der Waals surface area contributed by atoms with Crippen LogP contribution in [0.2, 0.25) is 0 Å². The molecule has 2 heteroatoms. The molecule has 0 aromatic carbocycles. The number of methoxy groups -OCH3 is 1. The van der Waals surface area contributed by atoms with Crippen LogP contribution in [0.5, 0.6) is 0 Å². The summed E-state index contributed by atoms with van der Waals surface area (Å²) in [5, 5.41) is 3.55. The van der Waals surface area contributed by atoms with E-state index < -0.39 is 0 Å². The third-order valence-corrected chi connectivity index (χ3v) is 2.90. The second-order valence-electron chi connectivity index (χ2n) is 4.35. The lowest BCUT2D eigenvalue weighted by molar-refractivity contribution is 0.0431. The van der Waals surface area contributed by atoms with E-state index in [4.69, 9.17) is 4.74 Å². The summed E-state index contributed by atoms with van der Waals surface area (Å²) in [5.41, 5.74) is 1.38. The zero-order valence-electron chi connectivity index (χ0n) is 9.68. The van der Waals surface area contributed by atoms with Gasteiger partial charge in [0.1, 0.15) is 0 Å². The van der Waals surface area contributed by atoms with E-state index in [1.165, 1.54) is 31.3 Å². The van der Waals surface area contributed by atoms with Crippen LogP contribution in [0, 0.1) is 0 Å². The molecule has 2 nitrogen and oxygen atoms in total. The highest BCUT2D eigenvalue weighted by atomic mass is 16.5. The molecule has 2 unspecified atom stereocenters. The quantitative estimate of drug-likeness (QED) is 0.699. The summed E-state index contributed by atoms with van der Waals surface area (Å²) >= 11 is 0. The molecule has 0 heterocycles. The first-order valence-electron chi connectivity index (χ1n) is 5.63. The molecular weight excluding hydrogens is 174 g/mol. The highest BCUT2D eigenvalue weighted by Gasteiger charge is 2.23. The van der Waals surface area contributed by atoms with E-state index in [1.54, 1.807) is 0 Å². The number of hydrogen-bond donors (Lipinski definition) is 1. The molecule has 2 atom stereocenters. The monoisotopic (exact) mass is 197 g/mol. The Kier molecular flexibility index (Phi) is 5.20. The van der Waals surface area contributed by atoms with Gasteiger partial charge in [-0.2, -0.15) is 0 Å². The Morgan fingerprint density at radius 2 is 2.07 bits per heavy atom. The lowest BCUT2D eigenvalue weighted by atomic mass is 9.92. The van der Waals surface area contributed by atoms with Crippen LogP contribution in [0.15, 0.2) is 11.6 Å². The molecule has 0 radical (unpaired) electrons. The van der Waals surface area contributed by atoms with E-state index in [1.807, 2.05) is 7.11 Å². The summed E-state index contributed by atoms with van der Waals surface area (Å²) in [4.78, 5) is 0. The van der Waals surface area contributed by atoms with E-state index in [0.29, 0.717) is 12.1 Å². The van der Waals surface area contributed by atoms with E-state index in [-0.39, 0.29) is 0 Å². The summed E-state index contributed by atoms with van der Waals surface area (Å²) in [6.45, 7) is 5.25. The number of allylic oxidation sites excluding steroid dienone is 1. The lowest BCUT2D eigenvalue weighted by Crippen LogP contribution is -2.43. The average Bonchev–Trinajstić information content (AvgIpc) is 2.18. The molecule has 0 amide bonds. The molecule has 1 fully saturated rings. The minimum atomic E-state index is 0.425. The van der Waals surface area contributed by atoms with Crippen LogP contribution in [-0.4, -0.2) is 25.8 Å². The van der Waals surface area contributed by atoms with Crippen molar-refractivity contribution in [1.82, 2.24) is 5.32 Å². The van der Waals surface area contributed by atoms with Crippen LogP contribution in [0.3, 0.4) is 0 Å². The van der Waals surface area contributed by atoms with E-state index in [0.717, 1.165) is 6.54 Å². The summed E-state index contributed by atoms with van der Waals surface area (Å²) in [5.74, 6) is 0. The van der Waals surface area contributed by atoms with Gasteiger partial charge in [-0.3, -0.25) is 0 Å². The minimum absolute atomic E-state index is 0.425. The van der Waals surface area contributed by atoms with Crippen molar-refractivity contribution in [2.75, 3.05) is 13.7 Å². The fourth-order valence-electron chi connectivity index (χ4n) is 2.03. The normalized spacial score (nSPS) is 27.4. The maximum atomic E-state index is 5.48. The Morgan fingerprint density at radius 1 is 1.36 bits per heavy atom. The number of nitrogens with one attached hydrogen (secondary N) is 1. The zero-order valence-corrected chi connectivity index (χ0v) is 9.68. The Hall–Kier alpha value is -0.340. The first-order chi connectivity index (χ1) is 6.74. The Labute approximate surface area is 87.7 Å². The molecule has 0 aliphatic heterocycles. The maximum absolute atomic E-state index is 5.48. The topological polar surface area (TPSA) is 21.3 Å². The van der Waals surface area contributed by atoms with Gasteiger partial charge in [0.15, 0.2) is 0 Å². The third-order valence-electron chi connectivity index (χ3n) is 2.90. The Morgan fingerprint density at radius 3 is 2.71 bits per heavy atom. The van der Waals surface area contributed by atoms with E-state index in [9.17, 15) is 0 Å². The Bertz CT molecular complexity index is 185. The van der Waals surface area contributed by atoms with Crippen LogP contribution in [-0.2, 0) is 4.74 Å². The molecule has 1 aliphatic rings. The smallest absolute Gasteiger partial charge is 0.0724 e. The molecule has 82 valence electrons. The van der Waals surface area contributed by atoms with Gasteiger partial charge >= 0.3 is 0 Å². The standard InChI is InChI=1S/C12H23NO/c1-10(2)8-9-13-11-6-4-5-7-12(11)14-3/h8,11-13H,4-7,9H2,1-3H3. The number of ether oxygens (including phenoxy) is 1. The van der Waals surface area contributed by atoms with Crippen LogP contribution in [0.25, 0.3) is 0 Å². The summed E-state index contributed by atoms with van der Waals surface area (Å²) in [6, 6.07) is 0.560. The van der Waals surface area contributed by atoms with Gasteiger partial charge in [0.05, 0.1) is 6.10 Å². The van der Waals surface area contributed by atoms with Crippen molar-refractivity contribution in [3.8, 4) is 0 Å². The highest BCUT2D eigenvalue weighted by molar-refractivity contribution is 4.95. The van der Waals surface area contributed by atoms with E-state index >= 15 is 0 Å². The van der Waals surface area contributed by atoms with Crippen molar-refractivity contribution in [2.24, 2.45) is 0 Å². The molecular formula is C12H23NO. The van der Waals surface area contributed by atoms with E-state index in [2.05, 4.69) is 25.2 Å². The second-order valence-corrected chi connectivity index (χ2v) is 4.35. The lowest BCUT2D eigenvalue weighted by Gasteiger charge is -2.30. The molecule has 0 bridgehead atoms. The first kappa shape index (κ1) is 11.7. The fourth-order valence-corrected chi connectivity index (χ4v) is 2.03. The van der Waals surface area contributed by atoms with Crippen molar-refractivity contribution in [1.29, 1.82) is 0 Å². The Balaban J connectivity index is 2.29. The molecule has 1 saturated carbocycles. The molecule has 1 rings (SSSR count). The number of rotatable bonds is 4. The summed E-state index contributed by atoms with van der Waals surface area (Å²) < 4.78 is 5.48. The molecule has 14 heavy (non-hydrogen) atoms. The van der Waals surface area contributed by atoms with Crippen LogP contribution >= 0.6 is 0 Å². The second kappa shape index (κ2) is 6.20. The van der Waals surface area contributed by atoms with Gasteiger partial charge in [0.25, 0.3) is 0 Å². The maximum Gasteiger partial charge on any atom is 0.0724 e. The van der Waals surface area contributed by atoms with Gasteiger partial charge in [-0.25, -0.2) is 0 Å². The first-order valence-corrected chi connectivity index (χ1v) is 5.63. The van der Waals surface area contributed by atoms with Gasteiger partial charge in [0, 0.05) is 19.7 Å². The SMILES string of the molecule is COC1CCCCC1NCC=C(C)C. The average molecular weight is 197 g/mol. The third kappa shape index (κ3) is 3.81. The zero-order chi connectivity index (χ0) is 10.4. The molecule has 0 spiro atoms. The van der Waals surface area contributed by atoms with Gasteiger partial charge in [-0.05, 0) is 26.7 Å². The fraction of sp³-hybridized carbons (Fsp3) is 0.833. The van der Waals surface area contributed by atoms with Gasteiger partial charge in [-0.1, -0.05) is 24.5 Å². The highest BCUT2D eigenvalue weighted by Crippen LogP contribution is 2.20. The number of hydrogen-bond acceptors (Lipinski definition) is 2. The molecule has 1 N–H and O–H groups in total. The molecule has 0 saturated heterocycles. The van der Waals surface area contributed by atoms with Crippen molar-refractivity contribution in [2.45, 2.75) is 51.7 Å². The van der Waals surface area contributed by atoms with Gasteiger partial charge in [-0.15, -0.1) is 0 Å². The largest absolute Gasteiger partial charge is 0.380 e.